The second kappa shape index (κ2) is 11.9. The van der Waals surface area contributed by atoms with Gasteiger partial charge in [-0.25, -0.2) is 24.7 Å². The number of aryl methyl sites for hydroxylation is 1. The van der Waals surface area contributed by atoms with Crippen LogP contribution in [0.1, 0.15) is 27.0 Å². The molecule has 1 amide bonds. The molecule has 36 heavy (non-hydrogen) atoms. The number of nitrogens with zero attached hydrogens (tertiary/aromatic N) is 3. The van der Waals surface area contributed by atoms with E-state index in [1.807, 2.05) is 0 Å². The molecule has 0 fully saturated rings. The fourth-order valence-electron chi connectivity index (χ4n) is 3.28. The van der Waals surface area contributed by atoms with Crippen LogP contribution in [0, 0.1) is 18.6 Å². The Labute approximate surface area is 209 Å². The summed E-state index contributed by atoms with van der Waals surface area (Å²) in [6.45, 7) is 1.73. The van der Waals surface area contributed by atoms with Gasteiger partial charge in [0, 0.05) is 32.3 Å². The van der Waals surface area contributed by atoms with Gasteiger partial charge in [-0.05, 0) is 46.9 Å². The van der Waals surface area contributed by atoms with Gasteiger partial charge in [0.2, 0.25) is 0 Å². The summed E-state index contributed by atoms with van der Waals surface area (Å²) in [6.07, 6.45) is 1.16. The number of nitrogens with one attached hydrogen (secondary N) is 4. The Morgan fingerprint density at radius 1 is 1.25 bits per heavy atom. The highest BCUT2D eigenvalue weighted by Crippen LogP contribution is 2.25. The number of aromatic nitrogens is 2. The van der Waals surface area contributed by atoms with E-state index in [0.29, 0.717) is 22.3 Å². The molecule has 0 saturated carbocycles. The molecule has 0 unspecified atom stereocenters. The van der Waals surface area contributed by atoms with E-state index < -0.39 is 23.1 Å². The number of amides is 1. The molecule has 14 heteroatoms. The highest BCUT2D eigenvalue weighted by atomic mass is 32.2. The van der Waals surface area contributed by atoms with Gasteiger partial charge < -0.3 is 5.32 Å². The molecule has 3 aromatic rings. The Bertz CT molecular complexity index is 1320. The molecule has 0 aliphatic heterocycles. The van der Waals surface area contributed by atoms with Gasteiger partial charge >= 0.3 is 0 Å². The Hall–Kier alpha value is -3.56. The lowest BCUT2D eigenvalue weighted by Gasteiger charge is -2.18. The van der Waals surface area contributed by atoms with Gasteiger partial charge in [-0.15, -0.1) is 0 Å². The largest absolute Gasteiger partial charge is 0.339 e. The summed E-state index contributed by atoms with van der Waals surface area (Å²) < 4.78 is 33.8. The normalized spacial score (nSPS) is 11.0. The van der Waals surface area contributed by atoms with E-state index in [4.69, 9.17) is 4.84 Å². The molecule has 11 nitrogen and oxygen atoms in total. The number of hydrogen-bond donors (Lipinski definition) is 5. The molecule has 2 aromatic heterocycles. The maximum absolute atomic E-state index is 15.0. The van der Waals surface area contributed by atoms with E-state index in [-0.39, 0.29) is 40.4 Å². The molecule has 0 radical (unpaired) electrons. The van der Waals surface area contributed by atoms with Crippen LogP contribution in [0.2, 0.25) is 0 Å². The Kier molecular flexibility index (Phi) is 8.95. The van der Waals surface area contributed by atoms with Gasteiger partial charge in [-0.2, -0.15) is 0 Å². The van der Waals surface area contributed by atoms with E-state index in [0.717, 1.165) is 4.57 Å². The molecule has 0 aliphatic rings. The van der Waals surface area contributed by atoms with Gasteiger partial charge in [0.1, 0.15) is 11.6 Å². The van der Waals surface area contributed by atoms with Crippen LogP contribution in [-0.4, -0.2) is 39.4 Å². The van der Waals surface area contributed by atoms with E-state index >= 15 is 4.39 Å². The zero-order chi connectivity index (χ0) is 26.4. The quantitative estimate of drug-likeness (QED) is 0.200. The predicted octanol–water partition coefficient (Wildman–Crippen LogP) is 2.79. The molecule has 192 valence electrons. The minimum Gasteiger partial charge on any atom is -0.339 e. The van der Waals surface area contributed by atoms with E-state index in [1.165, 1.54) is 51.7 Å². The number of carbonyl (C=O) groups is 1. The summed E-state index contributed by atoms with van der Waals surface area (Å²) in [5.74, 6) is -2.17. The second-order valence-corrected chi connectivity index (χ2v) is 8.27. The molecule has 0 spiro atoms. The summed E-state index contributed by atoms with van der Waals surface area (Å²) in [4.78, 5) is 34.5. The number of pyridine rings is 2. The molecule has 0 aliphatic carbocycles. The van der Waals surface area contributed by atoms with E-state index in [1.54, 1.807) is 13.0 Å². The highest BCUT2D eigenvalue weighted by molar-refractivity contribution is 7.98. The maximum Gasteiger partial charge on any atom is 0.278 e. The van der Waals surface area contributed by atoms with Crippen LogP contribution >= 0.6 is 12.1 Å². The lowest BCUT2D eigenvalue weighted by molar-refractivity contribution is -0.0230. The highest BCUT2D eigenvalue weighted by Gasteiger charge is 2.21. The third-order valence-electron chi connectivity index (χ3n) is 5.08. The average Bonchev–Trinajstić information content (AvgIpc) is 2.85. The number of hydrogen-bond acceptors (Lipinski definition) is 10. The number of anilines is 3. The summed E-state index contributed by atoms with van der Waals surface area (Å²) in [5.41, 5.74) is 4.99. The minimum absolute atomic E-state index is 0.0186. The first-order chi connectivity index (χ1) is 17.2. The number of hydrazine groups is 1. The van der Waals surface area contributed by atoms with Crippen molar-refractivity contribution in [3.63, 3.8) is 0 Å². The summed E-state index contributed by atoms with van der Waals surface area (Å²) in [7, 11) is 4.10. The monoisotopic (exact) mass is 521 g/mol. The fourth-order valence-corrected chi connectivity index (χ4v) is 3.68. The Balaban J connectivity index is 2.03. The van der Waals surface area contributed by atoms with Crippen molar-refractivity contribution in [3.8, 4) is 0 Å². The van der Waals surface area contributed by atoms with Crippen molar-refractivity contribution in [1.82, 2.24) is 25.0 Å². The molecule has 0 bridgehead atoms. The van der Waals surface area contributed by atoms with Gasteiger partial charge in [0.15, 0.2) is 11.6 Å². The fraction of sp³-hybridized carbons (Fsp3) is 0.227. The van der Waals surface area contributed by atoms with Crippen LogP contribution in [0.3, 0.4) is 0 Å². The maximum atomic E-state index is 15.0. The molecular weight excluding hydrogens is 496 g/mol. The zero-order valence-corrected chi connectivity index (χ0v) is 20.7. The Morgan fingerprint density at radius 2 is 2.00 bits per heavy atom. The van der Waals surface area contributed by atoms with Gasteiger partial charge in [0.05, 0.1) is 30.5 Å². The molecule has 0 saturated heterocycles. The SMILES string of the molecule is CNN(O)SNc1nccc(Cc2cc(C(=O)NOC)c(Nc3ccc(C)cc3F)n(C)c2=O)c1F. The number of rotatable bonds is 10. The lowest BCUT2D eigenvalue weighted by Crippen LogP contribution is -2.30. The number of carbonyl (C=O) groups excluding carboxylic acids is 1. The topological polar surface area (TPSA) is 133 Å². The van der Waals surface area contributed by atoms with Crippen molar-refractivity contribution < 1.29 is 23.6 Å². The standard InChI is InChI=1S/C22H25F2N7O4S/c1-12-5-6-17(16(23)9-12)27-20-15(21(32)28-35-4)11-14(22(33)30(20)3)10-13-7-8-26-19(18(13)24)29-36-31(34)25-2/h5-9,11,25,27,34H,10H2,1-4H3,(H,26,29)(H,28,32). The summed E-state index contributed by atoms with van der Waals surface area (Å²) >= 11 is 0.635. The van der Waals surface area contributed by atoms with Crippen molar-refractivity contribution >= 4 is 35.4 Å². The van der Waals surface area contributed by atoms with Crippen LogP contribution in [-0.2, 0) is 18.3 Å². The molecule has 2 heterocycles. The first-order valence-electron chi connectivity index (χ1n) is 10.5. The third kappa shape index (κ3) is 6.16. The van der Waals surface area contributed by atoms with Crippen LogP contribution in [0.25, 0.3) is 0 Å². The molecule has 3 rings (SSSR count). The predicted molar refractivity (Wildman–Crippen MR) is 131 cm³/mol. The smallest absolute Gasteiger partial charge is 0.278 e. The second-order valence-electron chi connectivity index (χ2n) is 7.54. The van der Waals surface area contributed by atoms with Gasteiger partial charge in [-0.1, -0.05) is 6.07 Å². The van der Waals surface area contributed by atoms with Gasteiger partial charge in [0.25, 0.3) is 11.5 Å². The van der Waals surface area contributed by atoms with Crippen molar-refractivity contribution in [3.05, 3.63) is 80.8 Å². The zero-order valence-electron chi connectivity index (χ0n) is 19.8. The van der Waals surface area contributed by atoms with Crippen LogP contribution < -0.4 is 26.5 Å². The average molecular weight is 522 g/mol. The molecule has 5 N–H and O–H groups in total. The van der Waals surface area contributed by atoms with Gasteiger partial charge in [-0.3, -0.25) is 28.9 Å². The van der Waals surface area contributed by atoms with Crippen molar-refractivity contribution in [2.75, 3.05) is 24.2 Å². The van der Waals surface area contributed by atoms with Crippen LogP contribution in [0.5, 0.6) is 0 Å². The number of halogens is 2. The lowest BCUT2D eigenvalue weighted by atomic mass is 10.0. The van der Waals surface area contributed by atoms with Crippen LogP contribution in [0.15, 0.2) is 41.3 Å². The number of benzene rings is 1. The summed E-state index contributed by atoms with van der Waals surface area (Å²) in [6, 6.07) is 7.16. The van der Waals surface area contributed by atoms with E-state index in [9.17, 15) is 19.2 Å². The van der Waals surface area contributed by atoms with Crippen molar-refractivity contribution in [1.29, 1.82) is 0 Å². The summed E-state index contributed by atoms with van der Waals surface area (Å²) in [5, 5.41) is 12.2. The molecule has 0 atom stereocenters. The van der Waals surface area contributed by atoms with Crippen LogP contribution in [0.4, 0.5) is 26.1 Å². The first-order valence-corrected chi connectivity index (χ1v) is 11.3. The number of hydroxylamine groups is 1. The first kappa shape index (κ1) is 27.0. The molecule has 1 aromatic carbocycles. The molecular formula is C22H25F2N7O4S. The Morgan fingerprint density at radius 3 is 2.67 bits per heavy atom. The third-order valence-corrected chi connectivity index (χ3v) is 5.72. The van der Waals surface area contributed by atoms with E-state index in [2.05, 4.69) is 25.9 Å². The van der Waals surface area contributed by atoms with Crippen molar-refractivity contribution in [2.24, 2.45) is 7.05 Å². The van der Waals surface area contributed by atoms with Crippen molar-refractivity contribution in [2.45, 2.75) is 13.3 Å². The minimum atomic E-state index is -0.747.